The van der Waals surface area contributed by atoms with E-state index in [0.717, 1.165) is 77.0 Å². The highest BCUT2D eigenvalue weighted by atomic mass is 16.6. The van der Waals surface area contributed by atoms with Crippen LogP contribution in [0.4, 0.5) is 0 Å². The zero-order valence-electron chi connectivity index (χ0n) is 45.6. The summed E-state index contributed by atoms with van der Waals surface area (Å²) >= 11 is 0. The Morgan fingerprint density at radius 2 is 0.565 bits per heavy atom. The molecule has 0 fully saturated rings. The second kappa shape index (κ2) is 57.4. The van der Waals surface area contributed by atoms with Gasteiger partial charge in [0.05, 0.1) is 0 Å². The van der Waals surface area contributed by atoms with E-state index in [4.69, 9.17) is 14.2 Å². The molecule has 0 aromatic carbocycles. The third-order valence-electron chi connectivity index (χ3n) is 12.7. The SMILES string of the molecule is CC/C=C\C/C=C\C/C=C\C/C=C\C/C=C\C/C=C\CCC(=O)OC[C@H](COC(=O)CCCCCCCCCCCCC)OC(=O)CCCCCCCCCCCCCCCCCCCCCCC. The van der Waals surface area contributed by atoms with Crippen molar-refractivity contribution in [1.82, 2.24) is 0 Å². The Kier molecular flexibility index (Phi) is 54.8. The summed E-state index contributed by atoms with van der Waals surface area (Å²) < 4.78 is 16.8. The first-order valence-corrected chi connectivity index (χ1v) is 29.4. The maximum Gasteiger partial charge on any atom is 0.306 e. The first kappa shape index (κ1) is 65.8. The third-order valence-corrected chi connectivity index (χ3v) is 12.7. The standard InChI is InChI=1S/C63H110O6/c1-4-7-10-13-16-19-22-24-26-28-30-31-33-35-37-39-42-45-48-51-54-57-63(66)69-60(58-67-61(64)55-52-49-46-43-40-21-18-15-12-9-6-3)59-68-62(65)56-53-50-47-44-41-38-36-34-32-29-27-25-23-20-17-14-11-8-5-2/h8,11,17,20,25,27,32,34,38,41,47,50,60H,4-7,9-10,12-16,18-19,21-24,26,28-31,33,35-37,39-40,42-46,48-49,51-59H2,1-3H3/b11-8-,20-17-,27-25-,34-32-,41-38-,50-47-/t60-/m0/s1. The van der Waals surface area contributed by atoms with Crippen LogP contribution >= 0.6 is 0 Å². The van der Waals surface area contributed by atoms with E-state index >= 15 is 0 Å². The molecule has 398 valence electrons. The van der Waals surface area contributed by atoms with Crippen molar-refractivity contribution < 1.29 is 28.6 Å². The molecular formula is C63H110O6. The number of esters is 3. The van der Waals surface area contributed by atoms with Crippen LogP contribution in [0.1, 0.15) is 290 Å². The van der Waals surface area contributed by atoms with Gasteiger partial charge in [0.25, 0.3) is 0 Å². The molecule has 0 spiro atoms. The highest BCUT2D eigenvalue weighted by Crippen LogP contribution is 2.17. The molecule has 6 heteroatoms. The van der Waals surface area contributed by atoms with E-state index < -0.39 is 6.10 Å². The van der Waals surface area contributed by atoms with Gasteiger partial charge in [-0.3, -0.25) is 14.4 Å². The van der Waals surface area contributed by atoms with E-state index in [-0.39, 0.29) is 37.5 Å². The van der Waals surface area contributed by atoms with E-state index in [1.54, 1.807) is 0 Å². The molecule has 0 bridgehead atoms. The third kappa shape index (κ3) is 55.6. The van der Waals surface area contributed by atoms with Gasteiger partial charge in [0, 0.05) is 19.3 Å². The van der Waals surface area contributed by atoms with Crippen molar-refractivity contribution in [2.45, 2.75) is 297 Å². The summed E-state index contributed by atoms with van der Waals surface area (Å²) in [6.07, 6.45) is 73.4. The van der Waals surface area contributed by atoms with Gasteiger partial charge in [-0.25, -0.2) is 0 Å². The lowest BCUT2D eigenvalue weighted by molar-refractivity contribution is -0.166. The quantitative estimate of drug-likeness (QED) is 0.0262. The first-order chi connectivity index (χ1) is 34.0. The Morgan fingerprint density at radius 1 is 0.304 bits per heavy atom. The summed E-state index contributed by atoms with van der Waals surface area (Å²) in [7, 11) is 0. The van der Waals surface area contributed by atoms with Crippen LogP contribution in [0, 0.1) is 0 Å². The Hall–Kier alpha value is -3.15. The molecule has 1 atom stereocenters. The average Bonchev–Trinajstić information content (AvgIpc) is 3.35. The van der Waals surface area contributed by atoms with Crippen molar-refractivity contribution >= 4 is 17.9 Å². The Labute approximate surface area is 427 Å². The molecule has 0 radical (unpaired) electrons. The maximum absolute atomic E-state index is 12.9. The second-order valence-electron chi connectivity index (χ2n) is 19.5. The zero-order chi connectivity index (χ0) is 50.0. The fourth-order valence-corrected chi connectivity index (χ4v) is 8.35. The van der Waals surface area contributed by atoms with E-state index in [0.29, 0.717) is 19.3 Å². The van der Waals surface area contributed by atoms with Gasteiger partial charge < -0.3 is 14.2 Å². The van der Waals surface area contributed by atoms with Gasteiger partial charge in [0.15, 0.2) is 6.10 Å². The van der Waals surface area contributed by atoms with Crippen LogP contribution in [0.5, 0.6) is 0 Å². The summed E-state index contributed by atoms with van der Waals surface area (Å²) in [5.74, 6) is -0.972. The number of unbranched alkanes of at least 4 members (excludes halogenated alkanes) is 30. The highest BCUT2D eigenvalue weighted by molar-refractivity contribution is 5.71. The fourth-order valence-electron chi connectivity index (χ4n) is 8.35. The lowest BCUT2D eigenvalue weighted by atomic mass is 10.0. The maximum atomic E-state index is 12.9. The lowest BCUT2D eigenvalue weighted by Gasteiger charge is -2.18. The minimum Gasteiger partial charge on any atom is -0.462 e. The zero-order valence-corrected chi connectivity index (χ0v) is 45.6. The average molecular weight is 964 g/mol. The van der Waals surface area contributed by atoms with Crippen LogP contribution in [0.15, 0.2) is 72.9 Å². The van der Waals surface area contributed by atoms with Crippen molar-refractivity contribution in [2.75, 3.05) is 13.2 Å². The molecule has 0 aromatic rings. The van der Waals surface area contributed by atoms with Gasteiger partial charge in [-0.15, -0.1) is 0 Å². The van der Waals surface area contributed by atoms with Crippen LogP contribution < -0.4 is 0 Å². The largest absolute Gasteiger partial charge is 0.462 e. The Morgan fingerprint density at radius 3 is 0.884 bits per heavy atom. The van der Waals surface area contributed by atoms with E-state index in [1.807, 2.05) is 6.08 Å². The molecule has 0 rings (SSSR count). The molecule has 69 heavy (non-hydrogen) atoms. The topological polar surface area (TPSA) is 78.9 Å². The molecule has 0 N–H and O–H groups in total. The molecule has 0 saturated carbocycles. The van der Waals surface area contributed by atoms with E-state index in [1.165, 1.54) is 167 Å². The normalized spacial score (nSPS) is 12.6. The lowest BCUT2D eigenvalue weighted by Crippen LogP contribution is -2.30. The van der Waals surface area contributed by atoms with Crippen LogP contribution in [-0.4, -0.2) is 37.2 Å². The molecule has 0 heterocycles. The Bertz CT molecular complexity index is 1290. The first-order valence-electron chi connectivity index (χ1n) is 29.4. The van der Waals surface area contributed by atoms with Gasteiger partial charge in [-0.1, -0.05) is 286 Å². The number of carbonyl (C=O) groups excluding carboxylic acids is 3. The van der Waals surface area contributed by atoms with Gasteiger partial charge in [-0.05, 0) is 57.8 Å². The Balaban J connectivity index is 4.39. The van der Waals surface area contributed by atoms with Crippen molar-refractivity contribution in [3.05, 3.63) is 72.9 Å². The summed E-state index contributed by atoms with van der Waals surface area (Å²) in [4.78, 5) is 38.1. The predicted molar refractivity (Wildman–Crippen MR) is 298 cm³/mol. The van der Waals surface area contributed by atoms with Crippen molar-refractivity contribution in [3.63, 3.8) is 0 Å². The fraction of sp³-hybridized carbons (Fsp3) is 0.762. The molecule has 0 aliphatic rings. The van der Waals surface area contributed by atoms with Gasteiger partial charge in [-0.2, -0.15) is 0 Å². The second-order valence-corrected chi connectivity index (χ2v) is 19.5. The van der Waals surface area contributed by atoms with Crippen LogP contribution in [-0.2, 0) is 28.6 Å². The van der Waals surface area contributed by atoms with Gasteiger partial charge in [0.1, 0.15) is 13.2 Å². The molecule has 0 unspecified atom stereocenters. The van der Waals surface area contributed by atoms with Crippen molar-refractivity contribution in [3.8, 4) is 0 Å². The van der Waals surface area contributed by atoms with E-state index in [2.05, 4.69) is 87.6 Å². The molecule has 0 aromatic heterocycles. The number of hydrogen-bond donors (Lipinski definition) is 0. The van der Waals surface area contributed by atoms with Crippen molar-refractivity contribution in [1.29, 1.82) is 0 Å². The summed E-state index contributed by atoms with van der Waals surface area (Å²) in [5, 5.41) is 0. The van der Waals surface area contributed by atoms with Crippen LogP contribution in [0.25, 0.3) is 0 Å². The number of carbonyl (C=O) groups is 3. The molecule has 0 aliphatic carbocycles. The molecular weight excluding hydrogens is 853 g/mol. The number of allylic oxidation sites excluding steroid dienone is 12. The highest BCUT2D eigenvalue weighted by Gasteiger charge is 2.19. The van der Waals surface area contributed by atoms with Gasteiger partial charge in [0.2, 0.25) is 0 Å². The smallest absolute Gasteiger partial charge is 0.306 e. The van der Waals surface area contributed by atoms with Gasteiger partial charge >= 0.3 is 17.9 Å². The monoisotopic (exact) mass is 963 g/mol. The summed E-state index contributed by atoms with van der Waals surface area (Å²) in [6.45, 7) is 6.49. The number of ether oxygens (including phenoxy) is 3. The van der Waals surface area contributed by atoms with E-state index in [9.17, 15) is 14.4 Å². The molecule has 0 aliphatic heterocycles. The van der Waals surface area contributed by atoms with Crippen LogP contribution in [0.3, 0.4) is 0 Å². The minimum absolute atomic E-state index is 0.0949. The molecule has 6 nitrogen and oxygen atoms in total. The molecule has 0 amide bonds. The number of hydrogen-bond acceptors (Lipinski definition) is 6. The van der Waals surface area contributed by atoms with Crippen LogP contribution in [0.2, 0.25) is 0 Å². The van der Waals surface area contributed by atoms with Crippen molar-refractivity contribution in [2.24, 2.45) is 0 Å². The summed E-state index contributed by atoms with van der Waals surface area (Å²) in [5.41, 5.74) is 0. The molecule has 0 saturated heterocycles. The minimum atomic E-state index is -0.802. The predicted octanol–water partition coefficient (Wildman–Crippen LogP) is 19.8. The number of rotatable bonds is 53. The summed E-state index contributed by atoms with van der Waals surface area (Å²) in [6, 6.07) is 0.